The molecule has 0 spiro atoms. The first-order valence-electron chi connectivity index (χ1n) is 10.1. The van der Waals surface area contributed by atoms with Crippen molar-refractivity contribution in [1.82, 2.24) is 9.88 Å². The number of likely N-dealkylation sites (tertiary alicyclic amines) is 1. The summed E-state index contributed by atoms with van der Waals surface area (Å²) >= 11 is 0. The summed E-state index contributed by atoms with van der Waals surface area (Å²) in [7, 11) is 3.61. The lowest BCUT2D eigenvalue weighted by Gasteiger charge is -2.43. The highest BCUT2D eigenvalue weighted by Gasteiger charge is 2.51. The molecule has 3 atom stereocenters. The fourth-order valence-electron chi connectivity index (χ4n) is 4.84. The quantitative estimate of drug-likeness (QED) is 0.756. The average Bonchev–Trinajstić information content (AvgIpc) is 3.08. The van der Waals surface area contributed by atoms with Gasteiger partial charge in [-0.3, -0.25) is 4.90 Å². The van der Waals surface area contributed by atoms with Crippen molar-refractivity contribution in [3.8, 4) is 11.6 Å². The van der Waals surface area contributed by atoms with Crippen LogP contribution in [0.25, 0.3) is 0 Å². The second-order valence-electron chi connectivity index (χ2n) is 8.00. The molecule has 2 fully saturated rings. The normalized spacial score (nSPS) is 27.4. The third kappa shape index (κ3) is 3.74. The fraction of sp³-hybridized carbons (Fsp3) is 0.522. The van der Waals surface area contributed by atoms with Crippen LogP contribution in [0.4, 0.5) is 0 Å². The van der Waals surface area contributed by atoms with Crippen LogP contribution >= 0.6 is 0 Å². The number of methoxy groups -OCH3 is 2. The van der Waals surface area contributed by atoms with Crippen molar-refractivity contribution in [3.63, 3.8) is 0 Å². The molecule has 0 unspecified atom stereocenters. The molecule has 1 saturated heterocycles. The maximum absolute atomic E-state index is 6.19. The second kappa shape index (κ2) is 8.10. The standard InChI is InChI=1S/C23H30N2O3/c1-17-7-8-18(20(14-17)26-2)16-25-13-11-23(27-3)10-9-19(15-21(23)25)28-22-6-4-5-12-24-22/h4-8,12,14,19,21H,9-11,13,15-16H2,1-3H3/t19-,21-,23+/m0/s1. The Kier molecular flexibility index (Phi) is 5.56. The number of hydrogen-bond acceptors (Lipinski definition) is 5. The Balaban J connectivity index is 1.51. The summed E-state index contributed by atoms with van der Waals surface area (Å²) in [4.78, 5) is 6.88. The number of rotatable bonds is 6. The van der Waals surface area contributed by atoms with Crippen LogP contribution in [-0.4, -0.2) is 48.4 Å². The number of hydrogen-bond donors (Lipinski definition) is 0. The SMILES string of the molecule is COc1cc(C)ccc1CN1CC[C@]2(OC)CC[C@H](Oc3ccccn3)C[C@H]12. The molecule has 0 bridgehead atoms. The van der Waals surface area contributed by atoms with Crippen LogP contribution in [0, 0.1) is 6.92 Å². The first-order chi connectivity index (χ1) is 13.6. The van der Waals surface area contributed by atoms with E-state index in [0.717, 1.165) is 44.5 Å². The number of aromatic nitrogens is 1. The van der Waals surface area contributed by atoms with Crippen LogP contribution in [0.5, 0.6) is 11.6 Å². The maximum Gasteiger partial charge on any atom is 0.213 e. The molecule has 5 nitrogen and oxygen atoms in total. The summed E-state index contributed by atoms with van der Waals surface area (Å²) in [5.74, 6) is 1.68. The molecule has 2 aromatic rings. The zero-order valence-electron chi connectivity index (χ0n) is 17.1. The fourth-order valence-corrected chi connectivity index (χ4v) is 4.84. The Morgan fingerprint density at radius 1 is 1.18 bits per heavy atom. The molecule has 1 saturated carbocycles. The Labute approximate surface area is 167 Å². The highest BCUT2D eigenvalue weighted by atomic mass is 16.5. The number of benzene rings is 1. The predicted molar refractivity (Wildman–Crippen MR) is 109 cm³/mol. The lowest BCUT2D eigenvalue weighted by molar-refractivity contribution is -0.0843. The second-order valence-corrected chi connectivity index (χ2v) is 8.00. The molecule has 1 aromatic carbocycles. The Hall–Kier alpha value is -2.11. The summed E-state index contributed by atoms with van der Waals surface area (Å²) in [5, 5.41) is 0. The van der Waals surface area contributed by atoms with E-state index in [-0.39, 0.29) is 11.7 Å². The van der Waals surface area contributed by atoms with E-state index in [0.29, 0.717) is 11.9 Å². The molecule has 0 amide bonds. The summed E-state index contributed by atoms with van der Waals surface area (Å²) in [6.07, 6.45) is 6.00. The topological polar surface area (TPSA) is 43.8 Å². The predicted octanol–water partition coefficient (Wildman–Crippen LogP) is 3.99. The number of fused-ring (bicyclic) bond motifs is 1. The molecule has 1 aromatic heterocycles. The minimum absolute atomic E-state index is 0.0676. The molecule has 2 heterocycles. The van der Waals surface area contributed by atoms with Gasteiger partial charge < -0.3 is 14.2 Å². The van der Waals surface area contributed by atoms with E-state index in [9.17, 15) is 0 Å². The van der Waals surface area contributed by atoms with Crippen LogP contribution in [0.1, 0.15) is 36.8 Å². The molecular weight excluding hydrogens is 352 g/mol. The molecule has 1 aliphatic carbocycles. The van der Waals surface area contributed by atoms with Gasteiger partial charge in [-0.05, 0) is 43.9 Å². The van der Waals surface area contributed by atoms with Crippen molar-refractivity contribution in [2.24, 2.45) is 0 Å². The summed E-state index contributed by atoms with van der Waals surface area (Å²) < 4.78 is 17.9. The van der Waals surface area contributed by atoms with Crippen LogP contribution in [0.3, 0.4) is 0 Å². The number of aryl methyl sites for hydroxylation is 1. The van der Waals surface area contributed by atoms with Crippen molar-refractivity contribution >= 4 is 0 Å². The Bertz CT molecular complexity index is 798. The molecular formula is C23H30N2O3. The molecule has 0 N–H and O–H groups in total. The van der Waals surface area contributed by atoms with E-state index in [1.807, 2.05) is 25.3 Å². The van der Waals surface area contributed by atoms with Gasteiger partial charge in [0, 0.05) is 50.5 Å². The van der Waals surface area contributed by atoms with Gasteiger partial charge in [0.05, 0.1) is 12.7 Å². The van der Waals surface area contributed by atoms with Gasteiger partial charge in [-0.2, -0.15) is 0 Å². The van der Waals surface area contributed by atoms with E-state index in [1.54, 1.807) is 13.3 Å². The highest BCUT2D eigenvalue weighted by Crippen LogP contribution is 2.44. The molecule has 150 valence electrons. The summed E-state index contributed by atoms with van der Waals surface area (Å²) in [6.45, 7) is 4.00. The van der Waals surface area contributed by atoms with Crippen LogP contribution in [0.2, 0.25) is 0 Å². The van der Waals surface area contributed by atoms with E-state index in [1.165, 1.54) is 11.1 Å². The Morgan fingerprint density at radius 2 is 2.07 bits per heavy atom. The van der Waals surface area contributed by atoms with Crippen LogP contribution in [0.15, 0.2) is 42.6 Å². The Morgan fingerprint density at radius 3 is 2.82 bits per heavy atom. The van der Waals surface area contributed by atoms with Gasteiger partial charge in [0.25, 0.3) is 0 Å². The van der Waals surface area contributed by atoms with Crippen LogP contribution < -0.4 is 9.47 Å². The monoisotopic (exact) mass is 382 g/mol. The third-order valence-corrected chi connectivity index (χ3v) is 6.39. The lowest BCUT2D eigenvalue weighted by atomic mass is 9.79. The molecule has 2 aliphatic rings. The van der Waals surface area contributed by atoms with Crippen molar-refractivity contribution in [1.29, 1.82) is 0 Å². The molecule has 1 aliphatic heterocycles. The van der Waals surface area contributed by atoms with Crippen LogP contribution in [-0.2, 0) is 11.3 Å². The number of nitrogens with zero attached hydrogens (tertiary/aromatic N) is 2. The third-order valence-electron chi connectivity index (χ3n) is 6.39. The first kappa shape index (κ1) is 19.2. The maximum atomic E-state index is 6.19. The zero-order chi connectivity index (χ0) is 19.6. The van der Waals surface area contributed by atoms with Crippen molar-refractivity contribution in [2.45, 2.75) is 56.9 Å². The van der Waals surface area contributed by atoms with Gasteiger partial charge in [-0.25, -0.2) is 4.98 Å². The van der Waals surface area contributed by atoms with Crippen molar-refractivity contribution < 1.29 is 14.2 Å². The largest absolute Gasteiger partial charge is 0.496 e. The van der Waals surface area contributed by atoms with Gasteiger partial charge in [0.15, 0.2) is 0 Å². The molecule has 0 radical (unpaired) electrons. The van der Waals surface area contributed by atoms with E-state index >= 15 is 0 Å². The summed E-state index contributed by atoms with van der Waals surface area (Å²) in [5.41, 5.74) is 2.38. The summed E-state index contributed by atoms with van der Waals surface area (Å²) in [6, 6.07) is 12.6. The minimum atomic E-state index is -0.0676. The van der Waals surface area contributed by atoms with Gasteiger partial charge in [-0.15, -0.1) is 0 Å². The van der Waals surface area contributed by atoms with Gasteiger partial charge in [-0.1, -0.05) is 18.2 Å². The number of ether oxygens (including phenoxy) is 3. The lowest BCUT2D eigenvalue weighted by Crippen LogP contribution is -2.52. The molecule has 28 heavy (non-hydrogen) atoms. The first-order valence-corrected chi connectivity index (χ1v) is 10.1. The molecule has 5 heteroatoms. The van der Waals surface area contributed by atoms with Crippen molar-refractivity contribution in [3.05, 3.63) is 53.7 Å². The number of pyridine rings is 1. The zero-order valence-corrected chi connectivity index (χ0v) is 17.1. The van der Waals surface area contributed by atoms with Gasteiger partial charge >= 0.3 is 0 Å². The molecule has 4 rings (SSSR count). The van der Waals surface area contributed by atoms with Gasteiger partial charge in [0.2, 0.25) is 5.88 Å². The van der Waals surface area contributed by atoms with Crippen molar-refractivity contribution in [2.75, 3.05) is 20.8 Å². The smallest absolute Gasteiger partial charge is 0.213 e. The van der Waals surface area contributed by atoms with E-state index in [2.05, 4.69) is 35.0 Å². The average molecular weight is 383 g/mol. The minimum Gasteiger partial charge on any atom is -0.496 e. The van der Waals surface area contributed by atoms with E-state index in [4.69, 9.17) is 14.2 Å². The van der Waals surface area contributed by atoms with E-state index < -0.39 is 0 Å². The van der Waals surface area contributed by atoms with Gasteiger partial charge in [0.1, 0.15) is 11.9 Å². The highest BCUT2D eigenvalue weighted by molar-refractivity contribution is 5.37.